The van der Waals surface area contributed by atoms with Gasteiger partial charge in [-0.05, 0) is 122 Å². The highest BCUT2D eigenvalue weighted by molar-refractivity contribution is 5.97. The van der Waals surface area contributed by atoms with E-state index in [1.807, 2.05) is 0 Å². The Morgan fingerprint density at radius 2 is 0.797 bits per heavy atom. The van der Waals surface area contributed by atoms with Gasteiger partial charge >= 0.3 is 0 Å². The molecule has 2 heteroatoms. The zero-order chi connectivity index (χ0) is 39.5. The standard InChI is InChI=1S/C57H44N2/c1-41-40-52(38-39-53(41)57-25-13-17-45-15-9-11-23-56(45)57)59(48-20-6-3-7-21-48)51-34-28-43(29-35-51)42-26-32-49(33-27-42)58(47-18-4-2-5-19-47)50-36-30-46(31-37-50)55-24-12-16-44-14-8-10-22-54(44)55/h2-41,53H,1H3. The lowest BCUT2D eigenvalue weighted by Gasteiger charge is -2.32. The van der Waals surface area contributed by atoms with Crippen molar-refractivity contribution < 1.29 is 0 Å². The molecule has 1 aliphatic carbocycles. The smallest absolute Gasteiger partial charge is 0.0462 e. The third-order valence-electron chi connectivity index (χ3n) is 11.8. The first-order chi connectivity index (χ1) is 29.2. The topological polar surface area (TPSA) is 6.48 Å². The molecule has 0 saturated carbocycles. The summed E-state index contributed by atoms with van der Waals surface area (Å²) in [5, 5.41) is 5.14. The van der Waals surface area contributed by atoms with Crippen molar-refractivity contribution in [3.63, 3.8) is 0 Å². The van der Waals surface area contributed by atoms with Crippen LogP contribution in [0.3, 0.4) is 0 Å². The Morgan fingerprint density at radius 3 is 1.39 bits per heavy atom. The van der Waals surface area contributed by atoms with Gasteiger partial charge in [0.25, 0.3) is 0 Å². The average molecular weight is 757 g/mol. The van der Waals surface area contributed by atoms with E-state index in [0.29, 0.717) is 11.8 Å². The Labute approximate surface area is 347 Å². The summed E-state index contributed by atoms with van der Waals surface area (Å²) in [6, 6.07) is 78.7. The summed E-state index contributed by atoms with van der Waals surface area (Å²) in [4.78, 5) is 4.71. The number of para-hydroxylation sites is 2. The van der Waals surface area contributed by atoms with Gasteiger partial charge in [-0.15, -0.1) is 0 Å². The normalized spacial score (nSPS) is 14.9. The van der Waals surface area contributed by atoms with E-state index in [1.54, 1.807) is 0 Å². The molecule has 9 aromatic rings. The molecule has 59 heavy (non-hydrogen) atoms. The van der Waals surface area contributed by atoms with Crippen molar-refractivity contribution in [2.75, 3.05) is 9.80 Å². The van der Waals surface area contributed by atoms with Crippen molar-refractivity contribution in [3.8, 4) is 22.3 Å². The van der Waals surface area contributed by atoms with E-state index in [0.717, 1.165) is 28.4 Å². The number of nitrogens with zero attached hydrogens (tertiary/aromatic N) is 2. The fraction of sp³-hybridized carbons (Fsp3) is 0.0526. The Morgan fingerprint density at radius 1 is 0.356 bits per heavy atom. The van der Waals surface area contributed by atoms with Crippen LogP contribution in [0.1, 0.15) is 18.4 Å². The lowest BCUT2D eigenvalue weighted by molar-refractivity contribution is 0.632. The number of anilines is 5. The van der Waals surface area contributed by atoms with Crippen LogP contribution in [0.25, 0.3) is 43.8 Å². The van der Waals surface area contributed by atoms with Crippen molar-refractivity contribution in [2.45, 2.75) is 12.8 Å². The number of benzene rings is 9. The lowest BCUT2D eigenvalue weighted by atomic mass is 9.81. The van der Waals surface area contributed by atoms with Crippen LogP contribution in [0.4, 0.5) is 28.4 Å². The fourth-order valence-corrected chi connectivity index (χ4v) is 8.80. The summed E-state index contributed by atoms with van der Waals surface area (Å²) in [7, 11) is 0. The van der Waals surface area contributed by atoms with Crippen LogP contribution < -0.4 is 9.80 Å². The predicted octanol–water partition coefficient (Wildman–Crippen LogP) is 15.8. The molecular formula is C57H44N2. The van der Waals surface area contributed by atoms with Crippen LogP contribution in [0.15, 0.2) is 242 Å². The summed E-state index contributed by atoms with van der Waals surface area (Å²) in [5.41, 5.74) is 13.0. The Hall–Kier alpha value is -7.42. The van der Waals surface area contributed by atoms with Gasteiger partial charge in [0.05, 0.1) is 0 Å². The second-order valence-electron chi connectivity index (χ2n) is 15.4. The largest absolute Gasteiger partial charge is 0.311 e. The molecule has 2 atom stereocenters. The van der Waals surface area contributed by atoms with E-state index in [4.69, 9.17) is 0 Å². The van der Waals surface area contributed by atoms with E-state index in [-0.39, 0.29) is 0 Å². The zero-order valence-corrected chi connectivity index (χ0v) is 33.1. The minimum atomic E-state index is 0.306. The van der Waals surface area contributed by atoms with Crippen molar-refractivity contribution in [1.82, 2.24) is 0 Å². The third kappa shape index (κ3) is 7.11. The monoisotopic (exact) mass is 756 g/mol. The summed E-state index contributed by atoms with van der Waals surface area (Å²) < 4.78 is 0. The molecule has 0 N–H and O–H groups in total. The molecule has 282 valence electrons. The highest BCUT2D eigenvalue weighted by Gasteiger charge is 2.24. The van der Waals surface area contributed by atoms with Crippen LogP contribution in [-0.2, 0) is 0 Å². The summed E-state index contributed by atoms with van der Waals surface area (Å²) >= 11 is 0. The molecule has 0 radical (unpaired) electrons. The minimum absolute atomic E-state index is 0.306. The van der Waals surface area contributed by atoms with Gasteiger partial charge in [-0.25, -0.2) is 0 Å². The average Bonchev–Trinajstić information content (AvgIpc) is 3.30. The molecule has 0 amide bonds. The molecule has 2 unspecified atom stereocenters. The third-order valence-corrected chi connectivity index (χ3v) is 11.8. The molecular weight excluding hydrogens is 713 g/mol. The highest BCUT2D eigenvalue weighted by Crippen LogP contribution is 2.41. The maximum absolute atomic E-state index is 2.43. The molecule has 0 bridgehead atoms. The highest BCUT2D eigenvalue weighted by atomic mass is 15.1. The molecule has 0 aliphatic heterocycles. The predicted molar refractivity (Wildman–Crippen MR) is 251 cm³/mol. The van der Waals surface area contributed by atoms with E-state index in [9.17, 15) is 0 Å². The quantitative estimate of drug-likeness (QED) is 0.145. The van der Waals surface area contributed by atoms with Gasteiger partial charge < -0.3 is 9.80 Å². The first-order valence-corrected chi connectivity index (χ1v) is 20.5. The number of allylic oxidation sites excluding steroid dienone is 3. The van der Waals surface area contributed by atoms with Gasteiger partial charge in [0.15, 0.2) is 0 Å². The van der Waals surface area contributed by atoms with Gasteiger partial charge in [0, 0.05) is 40.1 Å². The van der Waals surface area contributed by atoms with Crippen LogP contribution in [0.2, 0.25) is 0 Å². The number of fused-ring (bicyclic) bond motifs is 2. The summed E-state index contributed by atoms with van der Waals surface area (Å²) in [5.74, 6) is 0.627. The summed E-state index contributed by atoms with van der Waals surface area (Å²) in [6.45, 7) is 2.34. The zero-order valence-electron chi connectivity index (χ0n) is 33.1. The molecule has 1 aliphatic rings. The number of rotatable bonds is 9. The van der Waals surface area contributed by atoms with Gasteiger partial charge in [-0.3, -0.25) is 0 Å². The van der Waals surface area contributed by atoms with Gasteiger partial charge in [-0.1, -0.05) is 177 Å². The van der Waals surface area contributed by atoms with Gasteiger partial charge in [0.1, 0.15) is 0 Å². The van der Waals surface area contributed by atoms with Crippen LogP contribution in [0, 0.1) is 5.92 Å². The molecule has 0 spiro atoms. The van der Waals surface area contributed by atoms with Crippen molar-refractivity contribution in [3.05, 3.63) is 248 Å². The fourth-order valence-electron chi connectivity index (χ4n) is 8.80. The first-order valence-electron chi connectivity index (χ1n) is 20.5. The van der Waals surface area contributed by atoms with Gasteiger partial charge in [0.2, 0.25) is 0 Å². The van der Waals surface area contributed by atoms with E-state index in [1.165, 1.54) is 55.1 Å². The molecule has 9 aromatic carbocycles. The first kappa shape index (κ1) is 36.0. The molecule has 2 nitrogen and oxygen atoms in total. The van der Waals surface area contributed by atoms with Crippen molar-refractivity contribution in [1.29, 1.82) is 0 Å². The Bertz CT molecular complexity index is 2920. The molecule has 10 rings (SSSR count). The number of hydrogen-bond donors (Lipinski definition) is 0. The van der Waals surface area contributed by atoms with Crippen molar-refractivity contribution >= 4 is 50.0 Å². The summed E-state index contributed by atoms with van der Waals surface area (Å²) in [6.07, 6.45) is 7.13. The SMILES string of the molecule is CC1C=C(N(c2ccccc2)c2ccc(-c3ccc(N(c4ccccc4)c4ccc(-c5cccc6ccccc56)cc4)cc3)cc2)C=CC1c1cccc2ccccc12. The van der Waals surface area contributed by atoms with Crippen LogP contribution >= 0.6 is 0 Å². The molecule has 0 saturated heterocycles. The van der Waals surface area contributed by atoms with E-state index >= 15 is 0 Å². The maximum Gasteiger partial charge on any atom is 0.0462 e. The van der Waals surface area contributed by atoms with E-state index < -0.39 is 0 Å². The Kier molecular flexibility index (Phi) is 9.66. The Balaban J connectivity index is 0.929. The van der Waals surface area contributed by atoms with E-state index in [2.05, 4.69) is 253 Å². The van der Waals surface area contributed by atoms with Crippen molar-refractivity contribution in [2.24, 2.45) is 5.92 Å². The molecule has 0 heterocycles. The minimum Gasteiger partial charge on any atom is -0.311 e. The maximum atomic E-state index is 2.43. The van der Waals surface area contributed by atoms with Crippen LogP contribution in [-0.4, -0.2) is 0 Å². The second kappa shape index (κ2) is 15.8. The second-order valence-corrected chi connectivity index (χ2v) is 15.4. The van der Waals surface area contributed by atoms with Crippen LogP contribution in [0.5, 0.6) is 0 Å². The number of hydrogen-bond acceptors (Lipinski definition) is 2. The van der Waals surface area contributed by atoms with Gasteiger partial charge in [-0.2, -0.15) is 0 Å². The lowest BCUT2D eigenvalue weighted by Crippen LogP contribution is -2.20. The molecule has 0 aromatic heterocycles. The molecule has 0 fully saturated rings.